The number of fused-ring (bicyclic) bond motifs is 1. The van der Waals surface area contributed by atoms with Crippen molar-refractivity contribution in [1.82, 2.24) is 19.8 Å². The van der Waals surface area contributed by atoms with Crippen LogP contribution < -0.4 is 16.4 Å². The molecule has 1 fully saturated rings. The van der Waals surface area contributed by atoms with E-state index in [9.17, 15) is 9.59 Å². The van der Waals surface area contributed by atoms with Crippen LogP contribution in [0.5, 0.6) is 0 Å². The zero-order valence-corrected chi connectivity index (χ0v) is 24.3. The van der Waals surface area contributed by atoms with E-state index in [1.807, 2.05) is 47.4 Å². The van der Waals surface area contributed by atoms with Gasteiger partial charge in [-0.3, -0.25) is 4.79 Å². The standard InChI is InChI=1S/C31H44N6O3/c1-31(2,3)24-12-5-6-13-25(24)35-30(39)33-20-23(32)19-28(38)36-16-9-11-22(21-36)29-34-26-14-7-8-15-27(26)37(29)17-10-18-40-4/h5-8,12-15,22-23H,9-11,16-21,32H2,1-4H3,(H2,33,35,39)/t22-,23+/m1/s1. The smallest absolute Gasteiger partial charge is 0.319 e. The summed E-state index contributed by atoms with van der Waals surface area (Å²) in [7, 11) is 1.72. The topological polar surface area (TPSA) is 115 Å². The number of piperidine rings is 1. The number of carbonyl (C=O) groups is 2. The van der Waals surface area contributed by atoms with Crippen LogP contribution in [0.2, 0.25) is 0 Å². The Bertz CT molecular complexity index is 1300. The Balaban J connectivity index is 1.33. The van der Waals surface area contributed by atoms with Crippen molar-refractivity contribution in [1.29, 1.82) is 0 Å². The first-order valence-corrected chi connectivity index (χ1v) is 14.3. The minimum absolute atomic E-state index is 0.0135. The van der Waals surface area contributed by atoms with Gasteiger partial charge in [0.25, 0.3) is 0 Å². The molecule has 9 heteroatoms. The molecule has 0 bridgehead atoms. The molecule has 40 heavy (non-hydrogen) atoms. The molecule has 1 aliphatic rings. The van der Waals surface area contributed by atoms with E-state index >= 15 is 0 Å². The van der Waals surface area contributed by atoms with Crippen LogP contribution >= 0.6 is 0 Å². The largest absolute Gasteiger partial charge is 0.385 e. The minimum Gasteiger partial charge on any atom is -0.385 e. The summed E-state index contributed by atoms with van der Waals surface area (Å²) in [6.07, 6.45) is 2.98. The van der Waals surface area contributed by atoms with Gasteiger partial charge in [0.05, 0.1) is 11.0 Å². The average Bonchev–Trinajstić information content (AvgIpc) is 3.30. The molecule has 2 atom stereocenters. The van der Waals surface area contributed by atoms with Crippen LogP contribution in [0, 0.1) is 0 Å². The van der Waals surface area contributed by atoms with Crippen LogP contribution in [0.1, 0.15) is 63.8 Å². The predicted octanol–water partition coefficient (Wildman–Crippen LogP) is 4.62. The molecule has 1 saturated heterocycles. The highest BCUT2D eigenvalue weighted by Crippen LogP contribution is 2.31. The molecule has 2 heterocycles. The molecular weight excluding hydrogens is 504 g/mol. The molecule has 2 aromatic carbocycles. The highest BCUT2D eigenvalue weighted by atomic mass is 16.5. The molecule has 0 saturated carbocycles. The van der Waals surface area contributed by atoms with Gasteiger partial charge in [-0.15, -0.1) is 0 Å². The molecule has 3 aromatic rings. The van der Waals surface area contributed by atoms with Crippen molar-refractivity contribution in [3.63, 3.8) is 0 Å². The first-order valence-electron chi connectivity index (χ1n) is 14.3. The molecule has 1 aliphatic heterocycles. The van der Waals surface area contributed by atoms with E-state index in [4.69, 9.17) is 15.5 Å². The van der Waals surface area contributed by atoms with Gasteiger partial charge >= 0.3 is 6.03 Å². The maximum Gasteiger partial charge on any atom is 0.319 e. The van der Waals surface area contributed by atoms with E-state index < -0.39 is 6.04 Å². The van der Waals surface area contributed by atoms with Gasteiger partial charge in [-0.1, -0.05) is 51.1 Å². The van der Waals surface area contributed by atoms with Gasteiger partial charge in [0, 0.05) is 64.0 Å². The van der Waals surface area contributed by atoms with Gasteiger partial charge in [0.15, 0.2) is 0 Å². The fourth-order valence-corrected chi connectivity index (χ4v) is 5.48. The number of carbonyl (C=O) groups excluding carboxylic acids is 2. The summed E-state index contributed by atoms with van der Waals surface area (Å²) in [4.78, 5) is 32.7. The van der Waals surface area contributed by atoms with Crippen LogP contribution in [0.3, 0.4) is 0 Å². The molecule has 9 nitrogen and oxygen atoms in total. The second-order valence-electron chi connectivity index (χ2n) is 11.7. The Morgan fingerprint density at radius 1 is 1.15 bits per heavy atom. The number of nitrogens with one attached hydrogen (secondary N) is 2. The lowest BCUT2D eigenvalue weighted by molar-refractivity contribution is -0.132. The number of amides is 3. The summed E-state index contributed by atoms with van der Waals surface area (Å²) < 4.78 is 7.57. The normalized spacial score (nSPS) is 16.6. The number of imidazole rings is 1. The number of aryl methyl sites for hydroxylation is 1. The van der Waals surface area contributed by atoms with Crippen molar-refractivity contribution in [2.45, 2.75) is 70.4 Å². The van der Waals surface area contributed by atoms with Gasteiger partial charge in [-0.05, 0) is 48.4 Å². The van der Waals surface area contributed by atoms with Crippen LogP contribution in [0.4, 0.5) is 10.5 Å². The van der Waals surface area contributed by atoms with Gasteiger partial charge in [0.1, 0.15) is 5.82 Å². The summed E-state index contributed by atoms with van der Waals surface area (Å²) in [6.45, 7) is 9.38. The Kier molecular flexibility index (Phi) is 9.81. The highest BCUT2D eigenvalue weighted by Gasteiger charge is 2.29. The van der Waals surface area contributed by atoms with Crippen LogP contribution in [-0.4, -0.2) is 65.8 Å². The summed E-state index contributed by atoms with van der Waals surface area (Å²) in [5, 5.41) is 5.76. The third-order valence-electron chi connectivity index (χ3n) is 7.50. The summed E-state index contributed by atoms with van der Waals surface area (Å²) in [5.41, 5.74) is 10.1. The monoisotopic (exact) mass is 548 g/mol. The second kappa shape index (κ2) is 13.3. The van der Waals surface area contributed by atoms with Gasteiger partial charge in [-0.2, -0.15) is 0 Å². The Morgan fingerprint density at radius 2 is 1.90 bits per heavy atom. The lowest BCUT2D eigenvalue weighted by Crippen LogP contribution is -2.45. The molecule has 0 radical (unpaired) electrons. The van der Waals surface area contributed by atoms with Crippen LogP contribution in [0.25, 0.3) is 11.0 Å². The number of hydrogen-bond acceptors (Lipinski definition) is 5. The number of methoxy groups -OCH3 is 1. The Morgan fingerprint density at radius 3 is 2.67 bits per heavy atom. The lowest BCUT2D eigenvalue weighted by atomic mass is 9.86. The second-order valence-corrected chi connectivity index (χ2v) is 11.7. The maximum absolute atomic E-state index is 13.2. The van der Waals surface area contributed by atoms with Crippen molar-refractivity contribution in [3.05, 3.63) is 59.9 Å². The maximum atomic E-state index is 13.2. The Hall–Kier alpha value is -3.43. The lowest BCUT2D eigenvalue weighted by Gasteiger charge is -2.33. The number of aromatic nitrogens is 2. The zero-order chi connectivity index (χ0) is 28.7. The van der Waals surface area contributed by atoms with Gasteiger partial charge < -0.3 is 30.6 Å². The number of para-hydroxylation sites is 3. The van der Waals surface area contributed by atoms with E-state index in [0.717, 1.165) is 53.9 Å². The number of anilines is 1. The summed E-state index contributed by atoms with van der Waals surface area (Å²) in [6, 6.07) is 15.2. The first kappa shape index (κ1) is 29.6. The number of likely N-dealkylation sites (tertiary alicyclic amines) is 1. The molecule has 0 aliphatic carbocycles. The summed E-state index contributed by atoms with van der Waals surface area (Å²) in [5.74, 6) is 1.21. The number of benzene rings is 2. The third-order valence-corrected chi connectivity index (χ3v) is 7.50. The molecule has 0 unspecified atom stereocenters. The summed E-state index contributed by atoms with van der Waals surface area (Å²) >= 11 is 0. The van der Waals surface area contributed by atoms with Crippen molar-refractivity contribution >= 4 is 28.7 Å². The fourth-order valence-electron chi connectivity index (χ4n) is 5.48. The molecule has 0 spiro atoms. The van der Waals surface area contributed by atoms with E-state index in [0.29, 0.717) is 19.7 Å². The van der Waals surface area contributed by atoms with Crippen LogP contribution in [0.15, 0.2) is 48.5 Å². The van der Waals surface area contributed by atoms with E-state index in [2.05, 4.69) is 42.0 Å². The number of urea groups is 1. The number of hydrogen-bond donors (Lipinski definition) is 3. The number of nitrogens with two attached hydrogens (primary N) is 1. The average molecular weight is 549 g/mol. The number of nitrogens with zero attached hydrogens (tertiary/aromatic N) is 3. The van der Waals surface area contributed by atoms with E-state index in [1.54, 1.807) is 7.11 Å². The van der Waals surface area contributed by atoms with Crippen molar-refractivity contribution in [3.8, 4) is 0 Å². The van der Waals surface area contributed by atoms with E-state index in [-0.39, 0.29) is 36.2 Å². The van der Waals surface area contributed by atoms with Crippen molar-refractivity contribution in [2.24, 2.45) is 5.73 Å². The molecular formula is C31H44N6O3. The zero-order valence-electron chi connectivity index (χ0n) is 24.3. The molecule has 4 N–H and O–H groups in total. The van der Waals surface area contributed by atoms with Crippen molar-refractivity contribution < 1.29 is 14.3 Å². The number of rotatable bonds is 10. The minimum atomic E-state index is -0.477. The third kappa shape index (κ3) is 7.40. The first-order chi connectivity index (χ1) is 19.2. The quantitative estimate of drug-likeness (QED) is 0.320. The molecule has 1 aromatic heterocycles. The predicted molar refractivity (Wildman–Crippen MR) is 160 cm³/mol. The molecule has 4 rings (SSSR count). The number of ether oxygens (including phenoxy) is 1. The SMILES string of the molecule is COCCCn1c([C@@H]2CCCN(C(=O)C[C@H](N)CNC(=O)Nc3ccccc3C(C)(C)C)C2)nc2ccccc21. The van der Waals surface area contributed by atoms with Crippen LogP contribution in [-0.2, 0) is 21.5 Å². The van der Waals surface area contributed by atoms with Gasteiger partial charge in [-0.25, -0.2) is 9.78 Å². The molecule has 216 valence electrons. The van der Waals surface area contributed by atoms with Gasteiger partial charge in [0.2, 0.25) is 5.91 Å². The molecule has 3 amide bonds. The highest BCUT2D eigenvalue weighted by molar-refractivity contribution is 5.90. The van der Waals surface area contributed by atoms with Crippen molar-refractivity contribution in [2.75, 3.05) is 38.7 Å². The fraction of sp³-hybridized carbons (Fsp3) is 0.516. The Labute approximate surface area is 237 Å². The van der Waals surface area contributed by atoms with E-state index in [1.165, 1.54) is 0 Å².